The van der Waals surface area contributed by atoms with E-state index in [0.29, 0.717) is 5.56 Å². The third-order valence-electron chi connectivity index (χ3n) is 3.93. The van der Waals surface area contributed by atoms with Gasteiger partial charge in [-0.25, -0.2) is 9.18 Å². The van der Waals surface area contributed by atoms with Crippen molar-refractivity contribution in [3.8, 4) is 16.9 Å². The summed E-state index contributed by atoms with van der Waals surface area (Å²) in [6.07, 6.45) is 0. The molecule has 29 heavy (non-hydrogen) atoms. The second-order valence-corrected chi connectivity index (χ2v) is 7.73. The molecule has 0 atom stereocenters. The molecule has 3 aromatic rings. The first-order valence-corrected chi connectivity index (χ1v) is 9.89. The van der Waals surface area contributed by atoms with Crippen LogP contribution in [0.25, 0.3) is 11.1 Å². The van der Waals surface area contributed by atoms with Gasteiger partial charge in [0.05, 0.1) is 22.7 Å². The van der Waals surface area contributed by atoms with Crippen LogP contribution < -0.4 is 10.1 Å². The Hall–Kier alpha value is -2.32. The van der Waals surface area contributed by atoms with Gasteiger partial charge in [-0.3, -0.25) is 4.79 Å². The van der Waals surface area contributed by atoms with Gasteiger partial charge in [-0.1, -0.05) is 46.9 Å². The summed E-state index contributed by atoms with van der Waals surface area (Å²) in [4.78, 5) is 24.6. The van der Waals surface area contributed by atoms with E-state index in [1.54, 1.807) is 6.07 Å². The molecule has 1 aromatic heterocycles. The van der Waals surface area contributed by atoms with Gasteiger partial charge in [0.2, 0.25) is 0 Å². The number of hydrogen-bond acceptors (Lipinski definition) is 4. The number of carboxylic acid groups (broad SMARTS) is 1. The Kier molecular flexibility index (Phi) is 6.33. The highest BCUT2D eigenvalue weighted by atomic mass is 35.5. The van der Waals surface area contributed by atoms with Crippen molar-refractivity contribution in [2.24, 2.45) is 0 Å². The molecule has 0 unspecified atom stereocenters. The Labute approximate surface area is 183 Å². The second-order valence-electron chi connectivity index (χ2n) is 5.69. The fourth-order valence-corrected chi connectivity index (χ4v) is 4.36. The lowest BCUT2D eigenvalue weighted by molar-refractivity contribution is 0.0699. The fraction of sp³-hybridized carbons (Fsp3) is 0.0526. The van der Waals surface area contributed by atoms with Crippen LogP contribution in [0.1, 0.15) is 20.7 Å². The Morgan fingerprint density at radius 1 is 1.17 bits per heavy atom. The van der Waals surface area contributed by atoms with Gasteiger partial charge in [0.15, 0.2) is 5.75 Å². The van der Waals surface area contributed by atoms with Crippen LogP contribution in [-0.2, 0) is 0 Å². The molecule has 0 saturated heterocycles. The molecular weight excluding hydrogens is 464 g/mol. The molecule has 0 radical (unpaired) electrons. The summed E-state index contributed by atoms with van der Waals surface area (Å²) < 4.78 is 18.6. The van der Waals surface area contributed by atoms with Crippen LogP contribution in [0.5, 0.6) is 5.75 Å². The van der Waals surface area contributed by atoms with E-state index in [0.717, 1.165) is 11.3 Å². The molecule has 0 fully saturated rings. The first-order valence-electron chi connectivity index (χ1n) is 7.88. The zero-order chi connectivity index (χ0) is 21.3. The number of halogens is 4. The number of amides is 1. The topological polar surface area (TPSA) is 75.6 Å². The van der Waals surface area contributed by atoms with E-state index in [9.17, 15) is 19.1 Å². The van der Waals surface area contributed by atoms with Crippen molar-refractivity contribution in [3.05, 3.63) is 67.7 Å². The minimum Gasteiger partial charge on any atom is -0.494 e. The summed E-state index contributed by atoms with van der Waals surface area (Å²) in [5.41, 5.74) is 0.426. The standard InChI is InChI=1S/C19H11Cl3FNO4S/c1-28-16-14(21)10(6-12(20)15(16)22)17(25)24-18-13(19(26)27)11(7-29-18)8-3-2-4-9(23)5-8/h2-7H,1H3,(H,24,25)(H,26,27). The van der Waals surface area contributed by atoms with Crippen LogP contribution in [0, 0.1) is 5.82 Å². The number of aromatic carboxylic acids is 1. The molecule has 1 heterocycles. The van der Waals surface area contributed by atoms with E-state index in [1.807, 2.05) is 0 Å². The number of benzene rings is 2. The zero-order valence-corrected chi connectivity index (χ0v) is 17.6. The smallest absolute Gasteiger partial charge is 0.339 e. The number of nitrogens with one attached hydrogen (secondary N) is 1. The zero-order valence-electron chi connectivity index (χ0n) is 14.6. The number of carbonyl (C=O) groups excluding carboxylic acids is 1. The van der Waals surface area contributed by atoms with E-state index in [2.05, 4.69) is 5.32 Å². The molecule has 2 N–H and O–H groups in total. The van der Waals surface area contributed by atoms with Crippen molar-refractivity contribution in [2.75, 3.05) is 12.4 Å². The molecule has 150 valence electrons. The van der Waals surface area contributed by atoms with Gasteiger partial charge >= 0.3 is 5.97 Å². The summed E-state index contributed by atoms with van der Waals surface area (Å²) in [5, 5.41) is 13.8. The highest BCUT2D eigenvalue weighted by Gasteiger charge is 2.25. The fourth-order valence-electron chi connectivity index (χ4n) is 2.63. The average Bonchev–Trinajstić information content (AvgIpc) is 3.09. The molecule has 0 saturated carbocycles. The number of carboxylic acids is 1. The van der Waals surface area contributed by atoms with Crippen LogP contribution >= 0.6 is 46.1 Å². The molecule has 10 heteroatoms. The predicted octanol–water partition coefficient (Wildman–Crippen LogP) is 6.47. The SMILES string of the molecule is COc1c(Cl)c(Cl)cc(C(=O)Nc2scc(-c3cccc(F)c3)c2C(=O)O)c1Cl. The van der Waals surface area contributed by atoms with E-state index in [4.69, 9.17) is 39.5 Å². The number of hydrogen-bond donors (Lipinski definition) is 2. The highest BCUT2D eigenvalue weighted by molar-refractivity contribution is 7.15. The minimum atomic E-state index is -1.28. The highest BCUT2D eigenvalue weighted by Crippen LogP contribution is 2.41. The van der Waals surface area contributed by atoms with Crippen molar-refractivity contribution >= 4 is 63.0 Å². The third kappa shape index (κ3) is 4.18. The van der Waals surface area contributed by atoms with E-state index in [1.165, 1.54) is 36.8 Å². The van der Waals surface area contributed by atoms with Crippen LogP contribution in [0.15, 0.2) is 35.7 Å². The number of ether oxygens (including phenoxy) is 1. The Morgan fingerprint density at radius 2 is 1.90 bits per heavy atom. The molecule has 0 bridgehead atoms. The predicted molar refractivity (Wildman–Crippen MR) is 113 cm³/mol. The van der Waals surface area contributed by atoms with Crippen LogP contribution in [-0.4, -0.2) is 24.1 Å². The molecule has 0 spiro atoms. The Bertz CT molecular complexity index is 1130. The largest absolute Gasteiger partial charge is 0.494 e. The van der Waals surface area contributed by atoms with Crippen molar-refractivity contribution in [3.63, 3.8) is 0 Å². The average molecular weight is 475 g/mol. The number of anilines is 1. The van der Waals surface area contributed by atoms with Gasteiger partial charge in [0.1, 0.15) is 21.4 Å². The van der Waals surface area contributed by atoms with Gasteiger partial charge in [-0.05, 0) is 23.8 Å². The summed E-state index contributed by atoms with van der Waals surface area (Å²) in [7, 11) is 1.32. The third-order valence-corrected chi connectivity index (χ3v) is 5.97. The van der Waals surface area contributed by atoms with Crippen molar-refractivity contribution in [1.29, 1.82) is 0 Å². The maximum absolute atomic E-state index is 13.5. The molecule has 0 aliphatic heterocycles. The number of carbonyl (C=O) groups is 2. The van der Waals surface area contributed by atoms with Crippen molar-refractivity contribution in [1.82, 2.24) is 0 Å². The van der Waals surface area contributed by atoms with E-state index in [-0.39, 0.29) is 42.5 Å². The molecule has 3 rings (SSSR count). The Balaban J connectivity index is 2.03. The molecule has 0 aliphatic rings. The molecule has 5 nitrogen and oxygen atoms in total. The number of thiophene rings is 1. The van der Waals surface area contributed by atoms with Crippen LogP contribution in [0.3, 0.4) is 0 Å². The minimum absolute atomic E-state index is 0.0241. The van der Waals surface area contributed by atoms with E-state index >= 15 is 0 Å². The number of rotatable bonds is 5. The lowest BCUT2D eigenvalue weighted by Gasteiger charge is -2.12. The van der Waals surface area contributed by atoms with Gasteiger partial charge in [-0.15, -0.1) is 11.3 Å². The quantitative estimate of drug-likeness (QED) is 0.415. The summed E-state index contributed by atoms with van der Waals surface area (Å²) in [5.74, 6) is -2.47. The first kappa shape index (κ1) is 21.4. The lowest BCUT2D eigenvalue weighted by Crippen LogP contribution is -2.14. The van der Waals surface area contributed by atoms with Crippen molar-refractivity contribution < 1.29 is 23.8 Å². The van der Waals surface area contributed by atoms with Crippen LogP contribution in [0.4, 0.5) is 9.39 Å². The molecule has 1 amide bonds. The van der Waals surface area contributed by atoms with Gasteiger partial charge < -0.3 is 15.2 Å². The normalized spacial score (nSPS) is 10.7. The lowest BCUT2D eigenvalue weighted by atomic mass is 10.0. The molecular formula is C19H11Cl3FNO4S. The second kappa shape index (κ2) is 8.59. The monoisotopic (exact) mass is 473 g/mol. The Morgan fingerprint density at radius 3 is 2.52 bits per heavy atom. The maximum atomic E-state index is 13.5. The van der Waals surface area contributed by atoms with Crippen molar-refractivity contribution in [2.45, 2.75) is 0 Å². The van der Waals surface area contributed by atoms with Gasteiger partial charge in [0, 0.05) is 10.9 Å². The molecule has 0 aliphatic carbocycles. The summed E-state index contributed by atoms with van der Waals surface area (Å²) in [6.45, 7) is 0. The van der Waals surface area contributed by atoms with E-state index < -0.39 is 17.7 Å². The van der Waals surface area contributed by atoms with Gasteiger partial charge in [-0.2, -0.15) is 0 Å². The molecule has 2 aromatic carbocycles. The summed E-state index contributed by atoms with van der Waals surface area (Å²) >= 11 is 19.2. The maximum Gasteiger partial charge on any atom is 0.339 e. The number of methoxy groups -OCH3 is 1. The van der Waals surface area contributed by atoms with Gasteiger partial charge in [0.25, 0.3) is 5.91 Å². The van der Waals surface area contributed by atoms with Crippen LogP contribution in [0.2, 0.25) is 15.1 Å². The first-order chi connectivity index (χ1) is 13.7. The summed E-state index contributed by atoms with van der Waals surface area (Å²) in [6, 6.07) is 6.75.